The van der Waals surface area contributed by atoms with Crippen molar-refractivity contribution in [2.45, 2.75) is 12.8 Å². The normalized spacial score (nSPS) is 14.4. The van der Waals surface area contributed by atoms with Gasteiger partial charge in [0.25, 0.3) is 0 Å². The van der Waals surface area contributed by atoms with E-state index in [9.17, 15) is 9.59 Å². The molecule has 1 aromatic heterocycles. The minimum absolute atomic E-state index is 0.384. The molecule has 2 N–H and O–H groups in total. The molecule has 0 saturated carbocycles. The molecule has 2 amide bonds. The van der Waals surface area contributed by atoms with Crippen molar-refractivity contribution in [3.63, 3.8) is 0 Å². The number of nitrogens with zero attached hydrogens (tertiary/aromatic N) is 3. The van der Waals surface area contributed by atoms with Crippen molar-refractivity contribution >= 4 is 28.9 Å². The molecule has 0 radical (unpaired) electrons. The van der Waals surface area contributed by atoms with Gasteiger partial charge in [0.15, 0.2) is 0 Å². The van der Waals surface area contributed by atoms with E-state index in [2.05, 4.69) is 20.5 Å². The number of benzene rings is 1. The van der Waals surface area contributed by atoms with Crippen LogP contribution in [0.5, 0.6) is 0 Å². The maximum absolute atomic E-state index is 12.1. The summed E-state index contributed by atoms with van der Waals surface area (Å²) in [6.45, 7) is 2.40. The first-order valence-corrected chi connectivity index (χ1v) is 9.54. The smallest absolute Gasteiger partial charge is 0.313 e. The molecule has 1 fully saturated rings. The fourth-order valence-corrected chi connectivity index (χ4v) is 3.30. The molecule has 0 bridgehead atoms. The fraction of sp³-hybridized carbons (Fsp3) is 0.381. The SMILES string of the molecule is CN(C)c1ccc(NC(=O)C(=O)NCC2CCN(c3ccncc3)CC2)cc1. The Labute approximate surface area is 165 Å². The highest BCUT2D eigenvalue weighted by molar-refractivity contribution is 6.39. The monoisotopic (exact) mass is 381 g/mol. The average Bonchev–Trinajstić information content (AvgIpc) is 2.73. The molecule has 2 aromatic rings. The highest BCUT2D eigenvalue weighted by Crippen LogP contribution is 2.22. The summed E-state index contributed by atoms with van der Waals surface area (Å²) in [5.41, 5.74) is 2.81. The van der Waals surface area contributed by atoms with Crippen molar-refractivity contribution in [1.29, 1.82) is 0 Å². The third kappa shape index (κ3) is 5.22. The van der Waals surface area contributed by atoms with Gasteiger partial charge in [-0.25, -0.2) is 0 Å². The number of hydrogen-bond acceptors (Lipinski definition) is 5. The predicted octanol–water partition coefficient (Wildman–Crippen LogP) is 2.12. The summed E-state index contributed by atoms with van der Waals surface area (Å²) in [4.78, 5) is 32.5. The third-order valence-corrected chi connectivity index (χ3v) is 5.04. The molecule has 0 spiro atoms. The van der Waals surface area contributed by atoms with Crippen LogP contribution in [0.3, 0.4) is 0 Å². The van der Waals surface area contributed by atoms with Gasteiger partial charge in [0, 0.05) is 63.2 Å². The van der Waals surface area contributed by atoms with Crippen LogP contribution < -0.4 is 20.4 Å². The van der Waals surface area contributed by atoms with E-state index in [-0.39, 0.29) is 0 Å². The van der Waals surface area contributed by atoms with E-state index >= 15 is 0 Å². The van der Waals surface area contributed by atoms with Crippen LogP contribution in [-0.4, -0.2) is 50.5 Å². The highest BCUT2D eigenvalue weighted by Gasteiger charge is 2.21. The lowest BCUT2D eigenvalue weighted by molar-refractivity contribution is -0.136. The number of anilines is 3. The van der Waals surface area contributed by atoms with Gasteiger partial charge in [-0.1, -0.05) is 0 Å². The second kappa shape index (κ2) is 9.21. The van der Waals surface area contributed by atoms with E-state index in [1.807, 2.05) is 43.3 Å². The standard InChI is InChI=1S/C21H27N5O2/c1-25(2)18-5-3-17(4-6-18)24-21(28)20(27)23-15-16-9-13-26(14-10-16)19-7-11-22-12-8-19/h3-8,11-12,16H,9-10,13-15H2,1-2H3,(H,23,27)(H,24,28). The Morgan fingerprint density at radius 3 is 2.29 bits per heavy atom. The van der Waals surface area contributed by atoms with E-state index in [4.69, 9.17) is 0 Å². The number of piperidine rings is 1. The predicted molar refractivity (Wildman–Crippen MR) is 112 cm³/mol. The van der Waals surface area contributed by atoms with Crippen LogP contribution >= 0.6 is 0 Å². The summed E-state index contributed by atoms with van der Waals surface area (Å²) in [7, 11) is 3.89. The first kappa shape index (κ1) is 19.7. The molecule has 148 valence electrons. The Morgan fingerprint density at radius 2 is 1.68 bits per heavy atom. The second-order valence-electron chi connectivity index (χ2n) is 7.24. The van der Waals surface area contributed by atoms with Gasteiger partial charge >= 0.3 is 11.8 Å². The maximum Gasteiger partial charge on any atom is 0.313 e. The van der Waals surface area contributed by atoms with Crippen LogP contribution in [0.15, 0.2) is 48.8 Å². The lowest BCUT2D eigenvalue weighted by atomic mass is 9.96. The van der Waals surface area contributed by atoms with Crippen molar-refractivity contribution in [3.8, 4) is 0 Å². The van der Waals surface area contributed by atoms with E-state index in [0.29, 0.717) is 18.2 Å². The summed E-state index contributed by atoms with van der Waals surface area (Å²) >= 11 is 0. The van der Waals surface area contributed by atoms with Gasteiger partial charge in [0.1, 0.15) is 0 Å². The summed E-state index contributed by atoms with van der Waals surface area (Å²) < 4.78 is 0. The first-order chi connectivity index (χ1) is 13.5. The topological polar surface area (TPSA) is 77.6 Å². The molecular weight excluding hydrogens is 354 g/mol. The van der Waals surface area contributed by atoms with Crippen LogP contribution in [0, 0.1) is 5.92 Å². The highest BCUT2D eigenvalue weighted by atomic mass is 16.2. The number of nitrogens with one attached hydrogen (secondary N) is 2. The molecular formula is C21H27N5O2. The van der Waals surface area contributed by atoms with Crippen molar-refractivity contribution < 1.29 is 9.59 Å². The van der Waals surface area contributed by atoms with Crippen LogP contribution in [0.25, 0.3) is 0 Å². The lowest BCUT2D eigenvalue weighted by Gasteiger charge is -2.33. The van der Waals surface area contributed by atoms with Crippen molar-refractivity contribution in [2.75, 3.05) is 48.8 Å². The molecule has 1 saturated heterocycles. The van der Waals surface area contributed by atoms with Gasteiger partial charge in [-0.15, -0.1) is 0 Å². The van der Waals surface area contributed by atoms with Gasteiger partial charge in [-0.2, -0.15) is 0 Å². The van der Waals surface area contributed by atoms with Gasteiger partial charge in [-0.05, 0) is 55.2 Å². The molecule has 3 rings (SSSR count). The Bertz CT molecular complexity index is 784. The number of pyridine rings is 1. The van der Waals surface area contributed by atoms with Crippen LogP contribution in [0.1, 0.15) is 12.8 Å². The van der Waals surface area contributed by atoms with E-state index < -0.39 is 11.8 Å². The number of rotatable bonds is 5. The average molecular weight is 381 g/mol. The minimum Gasteiger partial charge on any atom is -0.378 e. The van der Waals surface area contributed by atoms with Gasteiger partial charge in [-0.3, -0.25) is 14.6 Å². The molecule has 0 unspecified atom stereocenters. The van der Waals surface area contributed by atoms with E-state index in [0.717, 1.165) is 31.6 Å². The van der Waals surface area contributed by atoms with Crippen molar-refractivity contribution in [3.05, 3.63) is 48.8 Å². The largest absolute Gasteiger partial charge is 0.378 e. The third-order valence-electron chi connectivity index (χ3n) is 5.04. The number of carbonyl (C=O) groups is 2. The van der Waals surface area contributed by atoms with E-state index in [1.54, 1.807) is 24.5 Å². The summed E-state index contributed by atoms with van der Waals surface area (Å²) in [6, 6.07) is 11.4. The zero-order valence-corrected chi connectivity index (χ0v) is 16.4. The molecule has 28 heavy (non-hydrogen) atoms. The summed E-state index contributed by atoms with van der Waals surface area (Å²) in [5.74, 6) is -0.839. The lowest BCUT2D eigenvalue weighted by Crippen LogP contribution is -2.41. The molecule has 7 heteroatoms. The maximum atomic E-state index is 12.1. The molecule has 1 aliphatic rings. The minimum atomic E-state index is -0.633. The number of aromatic nitrogens is 1. The molecule has 7 nitrogen and oxygen atoms in total. The van der Waals surface area contributed by atoms with Crippen LogP contribution in [0.4, 0.5) is 17.1 Å². The second-order valence-corrected chi connectivity index (χ2v) is 7.24. The van der Waals surface area contributed by atoms with Crippen LogP contribution in [0.2, 0.25) is 0 Å². The van der Waals surface area contributed by atoms with Crippen molar-refractivity contribution in [2.24, 2.45) is 5.92 Å². The molecule has 0 atom stereocenters. The molecule has 2 heterocycles. The van der Waals surface area contributed by atoms with Crippen molar-refractivity contribution in [1.82, 2.24) is 10.3 Å². The Hall–Kier alpha value is -3.09. The number of hydrogen-bond donors (Lipinski definition) is 2. The Morgan fingerprint density at radius 1 is 1.04 bits per heavy atom. The Balaban J connectivity index is 1.41. The fourth-order valence-electron chi connectivity index (χ4n) is 3.30. The quantitative estimate of drug-likeness (QED) is 0.776. The zero-order chi connectivity index (χ0) is 19.9. The molecule has 1 aliphatic heterocycles. The van der Waals surface area contributed by atoms with E-state index in [1.165, 1.54) is 5.69 Å². The first-order valence-electron chi connectivity index (χ1n) is 9.54. The number of carbonyl (C=O) groups excluding carboxylic acids is 2. The van der Waals surface area contributed by atoms with Gasteiger partial charge in [0.05, 0.1) is 0 Å². The summed E-state index contributed by atoms with van der Waals surface area (Å²) in [6.07, 6.45) is 5.56. The van der Waals surface area contributed by atoms with Crippen LogP contribution in [-0.2, 0) is 9.59 Å². The summed E-state index contributed by atoms with van der Waals surface area (Å²) in [5, 5.41) is 5.41. The number of amides is 2. The van der Waals surface area contributed by atoms with Gasteiger partial charge in [0.2, 0.25) is 0 Å². The van der Waals surface area contributed by atoms with Gasteiger partial charge < -0.3 is 20.4 Å². The Kier molecular flexibility index (Phi) is 6.47. The zero-order valence-electron chi connectivity index (χ0n) is 16.4. The molecule has 1 aromatic carbocycles. The molecule has 0 aliphatic carbocycles.